The van der Waals surface area contributed by atoms with Gasteiger partial charge in [-0.25, -0.2) is 0 Å². The summed E-state index contributed by atoms with van der Waals surface area (Å²) in [5.41, 5.74) is 0.518. The SMILES string of the molecule is COc1cc(Cl)c(CN2C[C@@H](C(F)(F)F)[C@H](C(=O)O)C2)cc1Cl. The highest BCUT2D eigenvalue weighted by Crippen LogP contribution is 2.39. The number of methoxy groups -OCH3 is 1. The van der Waals surface area contributed by atoms with Crippen molar-refractivity contribution in [3.8, 4) is 5.75 Å². The Morgan fingerprint density at radius 1 is 1.35 bits per heavy atom. The number of ether oxygens (including phenoxy) is 1. The normalized spacial score (nSPS) is 22.3. The van der Waals surface area contributed by atoms with Gasteiger partial charge in [-0.05, 0) is 11.6 Å². The lowest BCUT2D eigenvalue weighted by molar-refractivity contribution is -0.188. The number of hydrogen-bond donors (Lipinski definition) is 1. The molecule has 0 amide bonds. The van der Waals surface area contributed by atoms with E-state index in [4.69, 9.17) is 33.0 Å². The van der Waals surface area contributed by atoms with Crippen LogP contribution in [0.5, 0.6) is 5.75 Å². The lowest BCUT2D eigenvalue weighted by Crippen LogP contribution is -2.33. The Morgan fingerprint density at radius 2 is 2.00 bits per heavy atom. The summed E-state index contributed by atoms with van der Waals surface area (Å²) in [6.07, 6.45) is -4.56. The molecule has 128 valence electrons. The summed E-state index contributed by atoms with van der Waals surface area (Å²) in [7, 11) is 1.42. The van der Waals surface area contributed by atoms with E-state index in [1.54, 1.807) is 0 Å². The number of carboxylic acids is 1. The summed E-state index contributed by atoms with van der Waals surface area (Å²) < 4.78 is 43.9. The van der Waals surface area contributed by atoms with Crippen LogP contribution in [0.15, 0.2) is 12.1 Å². The van der Waals surface area contributed by atoms with E-state index in [-0.39, 0.29) is 24.7 Å². The van der Waals surface area contributed by atoms with Crippen LogP contribution in [0.4, 0.5) is 13.2 Å². The van der Waals surface area contributed by atoms with Crippen molar-refractivity contribution in [3.63, 3.8) is 0 Å². The molecule has 1 heterocycles. The van der Waals surface area contributed by atoms with Gasteiger partial charge in [0.05, 0.1) is 24.0 Å². The predicted molar refractivity (Wildman–Crippen MR) is 79.0 cm³/mol. The van der Waals surface area contributed by atoms with Gasteiger partial charge in [0, 0.05) is 30.7 Å². The molecule has 0 radical (unpaired) electrons. The van der Waals surface area contributed by atoms with Gasteiger partial charge in [0.2, 0.25) is 0 Å². The molecule has 1 aromatic carbocycles. The lowest BCUT2D eigenvalue weighted by Gasteiger charge is -2.19. The van der Waals surface area contributed by atoms with E-state index in [1.807, 2.05) is 0 Å². The van der Waals surface area contributed by atoms with Crippen molar-refractivity contribution in [2.24, 2.45) is 11.8 Å². The molecule has 0 bridgehead atoms. The van der Waals surface area contributed by atoms with Crippen LogP contribution >= 0.6 is 23.2 Å². The maximum atomic E-state index is 13.0. The van der Waals surface area contributed by atoms with E-state index in [0.29, 0.717) is 16.3 Å². The van der Waals surface area contributed by atoms with E-state index in [1.165, 1.54) is 24.1 Å². The minimum absolute atomic E-state index is 0.0822. The van der Waals surface area contributed by atoms with E-state index in [9.17, 15) is 18.0 Å². The number of carbonyl (C=O) groups is 1. The molecule has 1 aromatic rings. The molecular weight excluding hydrogens is 358 g/mol. The van der Waals surface area contributed by atoms with E-state index in [2.05, 4.69) is 0 Å². The molecule has 1 N–H and O–H groups in total. The number of halogens is 5. The molecule has 2 atom stereocenters. The topological polar surface area (TPSA) is 49.8 Å². The summed E-state index contributed by atoms with van der Waals surface area (Å²) >= 11 is 12.1. The Labute approximate surface area is 140 Å². The van der Waals surface area contributed by atoms with Crippen LogP contribution in [0, 0.1) is 11.8 Å². The molecule has 1 aliphatic rings. The molecule has 1 aliphatic heterocycles. The molecule has 0 aliphatic carbocycles. The van der Waals surface area contributed by atoms with E-state index < -0.39 is 24.0 Å². The van der Waals surface area contributed by atoms with Gasteiger partial charge in [-0.15, -0.1) is 0 Å². The number of benzene rings is 1. The fraction of sp³-hybridized carbons (Fsp3) is 0.500. The second kappa shape index (κ2) is 6.75. The summed E-state index contributed by atoms with van der Waals surface area (Å²) in [6.45, 7) is -0.501. The van der Waals surface area contributed by atoms with Crippen LogP contribution in [0.25, 0.3) is 0 Å². The summed E-state index contributed by atoms with van der Waals surface area (Å²) in [4.78, 5) is 12.5. The van der Waals surface area contributed by atoms with Gasteiger partial charge in [0.1, 0.15) is 5.75 Å². The number of rotatable bonds is 4. The minimum Gasteiger partial charge on any atom is -0.495 e. The average molecular weight is 372 g/mol. The number of alkyl halides is 3. The molecule has 0 unspecified atom stereocenters. The summed E-state index contributed by atoms with van der Waals surface area (Å²) in [5, 5.41) is 9.59. The first-order valence-electron chi connectivity index (χ1n) is 6.67. The summed E-state index contributed by atoms with van der Waals surface area (Å²) in [5.74, 6) is -4.47. The van der Waals surface area contributed by atoms with Crippen molar-refractivity contribution < 1.29 is 27.8 Å². The van der Waals surface area contributed by atoms with Gasteiger partial charge in [0.15, 0.2) is 0 Å². The predicted octanol–water partition coefficient (Wildman–Crippen LogP) is 3.70. The molecule has 4 nitrogen and oxygen atoms in total. The van der Waals surface area contributed by atoms with Crippen molar-refractivity contribution in [1.29, 1.82) is 0 Å². The number of nitrogens with zero attached hydrogens (tertiary/aromatic N) is 1. The van der Waals surface area contributed by atoms with E-state index >= 15 is 0 Å². The van der Waals surface area contributed by atoms with Crippen molar-refractivity contribution in [2.45, 2.75) is 12.7 Å². The number of aliphatic carboxylic acids is 1. The first kappa shape index (κ1) is 18.2. The molecule has 2 rings (SSSR count). The van der Waals surface area contributed by atoms with Crippen LogP contribution in [0.3, 0.4) is 0 Å². The number of likely N-dealkylation sites (tertiary alicyclic amines) is 1. The number of hydrogen-bond acceptors (Lipinski definition) is 3. The quantitative estimate of drug-likeness (QED) is 0.876. The molecule has 0 spiro atoms. The highest BCUT2D eigenvalue weighted by Gasteiger charge is 2.52. The maximum Gasteiger partial charge on any atom is 0.393 e. The first-order valence-corrected chi connectivity index (χ1v) is 7.43. The first-order chi connectivity index (χ1) is 10.6. The Hall–Kier alpha value is -1.18. The largest absolute Gasteiger partial charge is 0.495 e. The Morgan fingerprint density at radius 3 is 2.48 bits per heavy atom. The van der Waals surface area contributed by atoms with Gasteiger partial charge in [-0.1, -0.05) is 23.2 Å². The zero-order chi connectivity index (χ0) is 17.4. The van der Waals surface area contributed by atoms with Crippen molar-refractivity contribution >= 4 is 29.2 Å². The second-order valence-corrected chi connectivity index (χ2v) is 6.18. The Kier molecular flexibility index (Phi) is 5.33. The van der Waals surface area contributed by atoms with Crippen LogP contribution in [0.2, 0.25) is 10.0 Å². The van der Waals surface area contributed by atoms with Crippen LogP contribution in [-0.2, 0) is 11.3 Å². The van der Waals surface area contributed by atoms with Crippen LogP contribution in [0.1, 0.15) is 5.56 Å². The molecule has 23 heavy (non-hydrogen) atoms. The van der Waals surface area contributed by atoms with E-state index in [0.717, 1.165) is 0 Å². The van der Waals surface area contributed by atoms with Gasteiger partial charge in [-0.3, -0.25) is 9.69 Å². The molecule has 0 saturated carbocycles. The fourth-order valence-electron chi connectivity index (χ4n) is 2.68. The third-order valence-corrected chi connectivity index (χ3v) is 4.50. The molecule has 0 aromatic heterocycles. The second-order valence-electron chi connectivity index (χ2n) is 5.37. The average Bonchev–Trinajstić information content (AvgIpc) is 2.86. The zero-order valence-electron chi connectivity index (χ0n) is 12.0. The fourth-order valence-corrected chi connectivity index (χ4v) is 3.16. The highest BCUT2D eigenvalue weighted by atomic mass is 35.5. The Bertz CT molecular complexity index is 610. The van der Waals surface area contributed by atoms with Gasteiger partial charge in [0.25, 0.3) is 0 Å². The van der Waals surface area contributed by atoms with Gasteiger partial charge >= 0.3 is 12.1 Å². The van der Waals surface area contributed by atoms with Crippen LogP contribution < -0.4 is 4.74 Å². The molecule has 1 fully saturated rings. The minimum atomic E-state index is -4.56. The Balaban J connectivity index is 2.19. The third-order valence-electron chi connectivity index (χ3n) is 3.85. The molecular formula is C14H14Cl2F3NO3. The van der Waals surface area contributed by atoms with Crippen molar-refractivity contribution in [1.82, 2.24) is 4.90 Å². The van der Waals surface area contributed by atoms with Gasteiger partial charge < -0.3 is 9.84 Å². The third kappa shape index (κ3) is 4.02. The van der Waals surface area contributed by atoms with Crippen LogP contribution in [-0.4, -0.2) is 42.4 Å². The lowest BCUT2D eigenvalue weighted by atomic mass is 9.96. The monoisotopic (exact) mass is 371 g/mol. The molecule has 9 heteroatoms. The zero-order valence-corrected chi connectivity index (χ0v) is 13.5. The molecule has 1 saturated heterocycles. The summed E-state index contributed by atoms with van der Waals surface area (Å²) in [6, 6.07) is 2.99. The van der Waals surface area contributed by atoms with Gasteiger partial charge in [-0.2, -0.15) is 13.2 Å². The smallest absolute Gasteiger partial charge is 0.393 e. The number of carboxylic acid groups (broad SMARTS) is 1. The highest BCUT2D eigenvalue weighted by molar-refractivity contribution is 6.34. The van der Waals surface area contributed by atoms with Crippen molar-refractivity contribution in [2.75, 3.05) is 20.2 Å². The van der Waals surface area contributed by atoms with Crippen molar-refractivity contribution in [3.05, 3.63) is 27.7 Å². The maximum absolute atomic E-state index is 13.0. The standard InChI is InChI=1S/C14H14Cl2F3NO3/c1-23-12-3-10(15)7(2-11(12)16)4-20-5-8(13(21)22)9(6-20)14(17,18)19/h2-3,8-9H,4-6H2,1H3,(H,21,22)/t8-,9-/m1/s1.